The first kappa shape index (κ1) is 11.0. The van der Waals surface area contributed by atoms with Gasteiger partial charge in [-0.1, -0.05) is 0 Å². The largest absolute Gasteiger partial charge is 0.456 e. The molecule has 2 N–H and O–H groups in total. The van der Waals surface area contributed by atoms with Crippen LogP contribution in [0.5, 0.6) is 0 Å². The molecule has 0 spiro atoms. The zero-order valence-electron chi connectivity index (χ0n) is 8.72. The lowest BCUT2D eigenvalue weighted by Crippen LogP contribution is -1.99. The molecule has 0 fully saturated rings. The molecule has 0 aliphatic carbocycles. The number of halogens is 2. The van der Waals surface area contributed by atoms with Crippen LogP contribution in [0, 0.1) is 11.6 Å². The van der Waals surface area contributed by atoms with Gasteiger partial charge in [-0.2, -0.15) is 4.39 Å². The Balaban J connectivity index is 2.72. The monoisotopic (exact) mass is 227 g/mol. The first-order chi connectivity index (χ1) is 7.69. The summed E-state index contributed by atoms with van der Waals surface area (Å²) in [7, 11) is 1.51. The highest BCUT2D eigenvalue weighted by Gasteiger charge is 2.18. The van der Waals surface area contributed by atoms with Gasteiger partial charge in [0, 0.05) is 18.1 Å². The minimum atomic E-state index is -0.991. The topological polar surface area (TPSA) is 48.4 Å². The van der Waals surface area contributed by atoms with Crippen LogP contribution in [0.2, 0.25) is 0 Å². The van der Waals surface area contributed by atoms with Crippen LogP contribution in [0.15, 0.2) is 16.5 Å². The molecule has 0 aliphatic rings. The summed E-state index contributed by atoms with van der Waals surface area (Å²) in [6, 6.07) is 2.53. The van der Waals surface area contributed by atoms with Gasteiger partial charge in [-0.3, -0.25) is 0 Å². The first-order valence-electron chi connectivity index (χ1n) is 4.76. The van der Waals surface area contributed by atoms with E-state index in [2.05, 4.69) is 0 Å². The minimum absolute atomic E-state index is 0.104. The standard InChI is InChI=1S/C11H11F2NO2/c1-15-5-7-6-2-3-8(12)10(13)11(6)16-9(7)4-14/h2-3H,4-5,14H2,1H3. The number of hydrogen-bond donors (Lipinski definition) is 1. The van der Waals surface area contributed by atoms with Crippen molar-refractivity contribution in [2.75, 3.05) is 7.11 Å². The lowest BCUT2D eigenvalue weighted by Gasteiger charge is -1.98. The van der Waals surface area contributed by atoms with Crippen molar-refractivity contribution in [2.24, 2.45) is 5.73 Å². The second kappa shape index (κ2) is 4.19. The van der Waals surface area contributed by atoms with E-state index in [4.69, 9.17) is 14.9 Å². The molecular weight excluding hydrogens is 216 g/mol. The third kappa shape index (κ3) is 1.58. The fraction of sp³-hybridized carbons (Fsp3) is 0.273. The van der Waals surface area contributed by atoms with Crippen molar-refractivity contribution >= 4 is 11.0 Å². The molecular formula is C11H11F2NO2. The number of benzene rings is 1. The highest BCUT2D eigenvalue weighted by atomic mass is 19.2. The molecule has 0 saturated heterocycles. The molecule has 2 rings (SSSR count). The molecule has 1 aromatic carbocycles. The van der Waals surface area contributed by atoms with Gasteiger partial charge >= 0.3 is 0 Å². The van der Waals surface area contributed by atoms with Gasteiger partial charge in [0.2, 0.25) is 5.82 Å². The van der Waals surface area contributed by atoms with Crippen molar-refractivity contribution in [1.29, 1.82) is 0 Å². The third-order valence-electron chi connectivity index (χ3n) is 2.41. The van der Waals surface area contributed by atoms with Crippen LogP contribution in [0.4, 0.5) is 8.78 Å². The van der Waals surface area contributed by atoms with E-state index in [0.717, 1.165) is 6.07 Å². The smallest absolute Gasteiger partial charge is 0.201 e. The van der Waals surface area contributed by atoms with E-state index < -0.39 is 11.6 Å². The van der Waals surface area contributed by atoms with Gasteiger partial charge < -0.3 is 14.9 Å². The number of fused-ring (bicyclic) bond motifs is 1. The highest BCUT2D eigenvalue weighted by Crippen LogP contribution is 2.29. The summed E-state index contributed by atoms with van der Waals surface area (Å²) >= 11 is 0. The summed E-state index contributed by atoms with van der Waals surface area (Å²) in [5.74, 6) is -1.51. The number of methoxy groups -OCH3 is 1. The van der Waals surface area contributed by atoms with Gasteiger partial charge in [0.25, 0.3) is 0 Å². The van der Waals surface area contributed by atoms with Crippen molar-refractivity contribution in [3.05, 3.63) is 35.1 Å². The lowest BCUT2D eigenvalue weighted by atomic mass is 10.1. The van der Waals surface area contributed by atoms with E-state index in [1.807, 2.05) is 0 Å². The Morgan fingerprint density at radius 2 is 2.12 bits per heavy atom. The fourth-order valence-electron chi connectivity index (χ4n) is 1.67. The highest BCUT2D eigenvalue weighted by molar-refractivity contribution is 5.82. The molecule has 3 nitrogen and oxygen atoms in total. The van der Waals surface area contributed by atoms with Gasteiger partial charge in [0.05, 0.1) is 13.2 Å². The molecule has 16 heavy (non-hydrogen) atoms. The van der Waals surface area contributed by atoms with E-state index >= 15 is 0 Å². The molecule has 86 valence electrons. The minimum Gasteiger partial charge on any atom is -0.456 e. The van der Waals surface area contributed by atoms with E-state index in [1.54, 1.807) is 0 Å². The molecule has 0 saturated carbocycles. The quantitative estimate of drug-likeness (QED) is 0.875. The van der Waals surface area contributed by atoms with Gasteiger partial charge in [-0.25, -0.2) is 4.39 Å². The Hall–Kier alpha value is -1.46. The number of furan rings is 1. The van der Waals surface area contributed by atoms with E-state index in [9.17, 15) is 8.78 Å². The summed E-state index contributed by atoms with van der Waals surface area (Å²) in [6.07, 6.45) is 0. The molecule has 0 atom stereocenters. The van der Waals surface area contributed by atoms with Gasteiger partial charge in [-0.15, -0.1) is 0 Å². The summed E-state index contributed by atoms with van der Waals surface area (Å²) in [6.45, 7) is 0.374. The number of nitrogens with two attached hydrogens (primary N) is 1. The normalized spacial score (nSPS) is 11.2. The predicted molar refractivity (Wildman–Crippen MR) is 54.7 cm³/mol. The van der Waals surface area contributed by atoms with E-state index in [1.165, 1.54) is 13.2 Å². The fourth-order valence-corrected chi connectivity index (χ4v) is 1.67. The van der Waals surface area contributed by atoms with Crippen LogP contribution >= 0.6 is 0 Å². The summed E-state index contributed by atoms with van der Waals surface area (Å²) in [5.41, 5.74) is 6.03. The van der Waals surface area contributed by atoms with Crippen LogP contribution in [-0.2, 0) is 17.9 Å². The van der Waals surface area contributed by atoms with Crippen LogP contribution in [-0.4, -0.2) is 7.11 Å². The summed E-state index contributed by atoms with van der Waals surface area (Å²) in [4.78, 5) is 0. The second-order valence-corrected chi connectivity index (χ2v) is 3.38. The Morgan fingerprint density at radius 1 is 1.38 bits per heavy atom. The average molecular weight is 227 g/mol. The van der Waals surface area contributed by atoms with Crippen molar-refractivity contribution in [1.82, 2.24) is 0 Å². The van der Waals surface area contributed by atoms with Crippen LogP contribution < -0.4 is 5.73 Å². The lowest BCUT2D eigenvalue weighted by molar-refractivity contribution is 0.184. The molecule has 0 unspecified atom stereocenters. The van der Waals surface area contributed by atoms with Gasteiger partial charge in [0.1, 0.15) is 5.76 Å². The number of hydrogen-bond acceptors (Lipinski definition) is 3. The number of rotatable bonds is 3. The Bertz CT molecular complexity index is 522. The molecule has 1 heterocycles. The molecule has 0 amide bonds. The third-order valence-corrected chi connectivity index (χ3v) is 2.41. The second-order valence-electron chi connectivity index (χ2n) is 3.38. The molecule has 0 aliphatic heterocycles. The maximum Gasteiger partial charge on any atom is 0.201 e. The van der Waals surface area contributed by atoms with E-state index in [-0.39, 0.29) is 18.7 Å². The SMILES string of the molecule is COCc1c(CN)oc2c(F)c(F)ccc12. The molecule has 0 radical (unpaired) electrons. The van der Waals surface area contributed by atoms with Crippen molar-refractivity contribution in [3.8, 4) is 0 Å². The van der Waals surface area contributed by atoms with Crippen molar-refractivity contribution < 1.29 is 17.9 Å². The molecule has 0 bridgehead atoms. The van der Waals surface area contributed by atoms with Gasteiger partial charge in [0.15, 0.2) is 11.4 Å². The predicted octanol–water partition coefficient (Wildman–Crippen LogP) is 2.32. The average Bonchev–Trinajstić information content (AvgIpc) is 2.63. The Labute approximate surface area is 90.8 Å². The van der Waals surface area contributed by atoms with Crippen LogP contribution in [0.1, 0.15) is 11.3 Å². The Morgan fingerprint density at radius 3 is 2.75 bits per heavy atom. The van der Waals surface area contributed by atoms with Crippen molar-refractivity contribution in [2.45, 2.75) is 13.2 Å². The summed E-state index contributed by atoms with van der Waals surface area (Å²) in [5, 5.41) is 0.501. The number of ether oxygens (including phenoxy) is 1. The molecule has 1 aromatic heterocycles. The Kier molecular flexibility index (Phi) is 2.89. The van der Waals surface area contributed by atoms with E-state index in [0.29, 0.717) is 16.7 Å². The molecule has 2 aromatic rings. The first-order valence-corrected chi connectivity index (χ1v) is 4.76. The molecule has 5 heteroatoms. The van der Waals surface area contributed by atoms with Crippen molar-refractivity contribution in [3.63, 3.8) is 0 Å². The zero-order valence-corrected chi connectivity index (χ0v) is 8.72. The van der Waals surface area contributed by atoms with Gasteiger partial charge in [-0.05, 0) is 12.1 Å². The van der Waals surface area contributed by atoms with Crippen LogP contribution in [0.25, 0.3) is 11.0 Å². The maximum absolute atomic E-state index is 13.4. The zero-order chi connectivity index (χ0) is 11.7. The summed E-state index contributed by atoms with van der Waals surface area (Å²) < 4.78 is 36.6. The van der Waals surface area contributed by atoms with Crippen LogP contribution in [0.3, 0.4) is 0 Å². The maximum atomic E-state index is 13.4.